The van der Waals surface area contributed by atoms with Crippen LogP contribution in [0.25, 0.3) is 6.08 Å². The molecule has 5 heteroatoms. The van der Waals surface area contributed by atoms with Crippen molar-refractivity contribution in [3.05, 3.63) is 42.0 Å². The van der Waals surface area contributed by atoms with E-state index in [1.54, 1.807) is 6.08 Å². The van der Waals surface area contributed by atoms with Gasteiger partial charge in [0, 0.05) is 37.7 Å². The summed E-state index contributed by atoms with van der Waals surface area (Å²) in [5.74, 6) is 0.370. The highest BCUT2D eigenvalue weighted by molar-refractivity contribution is 5.91. The Labute approximate surface area is 173 Å². The molecule has 3 fully saturated rings. The van der Waals surface area contributed by atoms with E-state index in [4.69, 9.17) is 4.74 Å². The molecule has 0 aromatic heterocycles. The molecule has 0 unspecified atom stereocenters. The summed E-state index contributed by atoms with van der Waals surface area (Å²) in [5.41, 5.74) is 1.08. The van der Waals surface area contributed by atoms with Gasteiger partial charge in [-0.3, -0.25) is 9.59 Å². The maximum Gasteiger partial charge on any atom is 0.244 e. The Morgan fingerprint density at radius 2 is 1.76 bits per heavy atom. The van der Waals surface area contributed by atoms with Crippen LogP contribution in [0.4, 0.5) is 0 Å². The van der Waals surface area contributed by atoms with Crippen LogP contribution in [0.5, 0.6) is 0 Å². The van der Waals surface area contributed by atoms with Crippen LogP contribution in [0, 0.1) is 5.92 Å². The normalized spacial score (nSPS) is 26.7. The van der Waals surface area contributed by atoms with E-state index in [-0.39, 0.29) is 23.5 Å². The Morgan fingerprint density at radius 1 is 1.03 bits per heavy atom. The van der Waals surface area contributed by atoms with Crippen LogP contribution in [0.15, 0.2) is 36.4 Å². The Kier molecular flexibility index (Phi) is 6.34. The average molecular weight is 397 g/mol. The quantitative estimate of drug-likeness (QED) is 0.792. The number of hydrogen-bond acceptors (Lipinski definition) is 3. The van der Waals surface area contributed by atoms with Crippen LogP contribution in [0.1, 0.15) is 56.9 Å². The number of ether oxygens (including phenoxy) is 1. The first-order valence-electron chi connectivity index (χ1n) is 11.1. The number of hydrogen-bond donors (Lipinski definition) is 1. The largest absolute Gasteiger partial charge is 0.375 e. The number of nitrogens with zero attached hydrogens (tertiary/aromatic N) is 1. The predicted molar refractivity (Wildman–Crippen MR) is 113 cm³/mol. The summed E-state index contributed by atoms with van der Waals surface area (Å²) in [7, 11) is 0. The lowest BCUT2D eigenvalue weighted by Crippen LogP contribution is -2.49. The van der Waals surface area contributed by atoms with Gasteiger partial charge in [0.25, 0.3) is 0 Å². The number of nitrogens with one attached hydrogen (secondary N) is 1. The van der Waals surface area contributed by atoms with Crippen LogP contribution >= 0.6 is 0 Å². The summed E-state index contributed by atoms with van der Waals surface area (Å²) in [6.45, 7) is 2.55. The van der Waals surface area contributed by atoms with E-state index in [1.807, 2.05) is 36.4 Å². The van der Waals surface area contributed by atoms with Gasteiger partial charge in [-0.2, -0.15) is 0 Å². The molecule has 0 radical (unpaired) electrons. The maximum absolute atomic E-state index is 12.9. The number of carbonyl (C=O) groups excluding carboxylic acids is 2. The fourth-order valence-electron chi connectivity index (χ4n) is 5.01. The van der Waals surface area contributed by atoms with E-state index >= 15 is 0 Å². The zero-order valence-electron chi connectivity index (χ0n) is 17.1. The van der Waals surface area contributed by atoms with Crippen LogP contribution in [0.3, 0.4) is 0 Å². The second-order valence-corrected chi connectivity index (χ2v) is 8.76. The van der Waals surface area contributed by atoms with E-state index in [0.717, 1.165) is 76.6 Å². The first-order valence-corrected chi connectivity index (χ1v) is 11.1. The Hall–Kier alpha value is -2.14. The van der Waals surface area contributed by atoms with Crippen LogP contribution < -0.4 is 5.32 Å². The molecule has 2 amide bonds. The monoisotopic (exact) mass is 396 g/mol. The molecule has 29 heavy (non-hydrogen) atoms. The third-order valence-electron chi connectivity index (χ3n) is 6.82. The highest BCUT2D eigenvalue weighted by Crippen LogP contribution is 2.36. The van der Waals surface area contributed by atoms with Crippen molar-refractivity contribution in [1.82, 2.24) is 10.2 Å². The van der Waals surface area contributed by atoms with Crippen molar-refractivity contribution >= 4 is 17.9 Å². The lowest BCUT2D eigenvalue weighted by atomic mass is 9.83. The first kappa shape index (κ1) is 20.1. The van der Waals surface area contributed by atoms with Crippen LogP contribution in [-0.2, 0) is 14.3 Å². The molecule has 1 saturated carbocycles. The molecule has 1 spiro atoms. The molecule has 0 bridgehead atoms. The SMILES string of the molecule is O=C(/C=C/c1ccccc1)NC1CCC(C(=O)N2CCC3(CCCO3)CC2)CC1. The summed E-state index contributed by atoms with van der Waals surface area (Å²) in [4.78, 5) is 27.2. The molecule has 1 aliphatic carbocycles. The number of likely N-dealkylation sites (tertiary alicyclic amines) is 1. The zero-order chi connectivity index (χ0) is 20.1. The molecule has 2 heterocycles. The summed E-state index contributed by atoms with van der Waals surface area (Å²) >= 11 is 0. The fraction of sp³-hybridized carbons (Fsp3) is 0.583. The van der Waals surface area contributed by atoms with Crippen molar-refractivity contribution in [3.8, 4) is 0 Å². The van der Waals surface area contributed by atoms with Crippen molar-refractivity contribution in [2.75, 3.05) is 19.7 Å². The van der Waals surface area contributed by atoms with E-state index in [0.29, 0.717) is 5.91 Å². The molecule has 1 aromatic rings. The zero-order valence-corrected chi connectivity index (χ0v) is 17.1. The predicted octanol–water partition coefficient (Wildman–Crippen LogP) is 3.55. The van der Waals surface area contributed by atoms with Gasteiger partial charge in [0.15, 0.2) is 0 Å². The third kappa shape index (κ3) is 5.08. The number of rotatable bonds is 4. The van der Waals surface area contributed by atoms with Gasteiger partial charge in [-0.1, -0.05) is 30.3 Å². The molecule has 1 aromatic carbocycles. The first-order chi connectivity index (χ1) is 14.1. The average Bonchev–Trinajstić information content (AvgIpc) is 3.21. The molecule has 0 atom stereocenters. The minimum absolute atomic E-state index is 0.0541. The molecule has 2 aliphatic heterocycles. The van der Waals surface area contributed by atoms with Gasteiger partial charge in [0.05, 0.1) is 5.60 Å². The summed E-state index contributed by atoms with van der Waals surface area (Å²) < 4.78 is 5.97. The van der Waals surface area contributed by atoms with E-state index in [2.05, 4.69) is 10.2 Å². The number of amides is 2. The summed E-state index contributed by atoms with van der Waals surface area (Å²) in [5, 5.41) is 3.09. The molecule has 4 rings (SSSR count). The van der Waals surface area contributed by atoms with Crippen molar-refractivity contribution in [2.45, 2.75) is 63.0 Å². The van der Waals surface area contributed by atoms with Crippen LogP contribution in [-0.4, -0.2) is 48.1 Å². The molecule has 156 valence electrons. The number of benzene rings is 1. The number of piperidine rings is 1. The van der Waals surface area contributed by atoms with Crippen LogP contribution in [0.2, 0.25) is 0 Å². The lowest BCUT2D eigenvalue weighted by Gasteiger charge is -2.40. The molecule has 5 nitrogen and oxygen atoms in total. The second kappa shape index (κ2) is 9.12. The lowest BCUT2D eigenvalue weighted by molar-refractivity contribution is -0.141. The molecule has 1 N–H and O–H groups in total. The van der Waals surface area contributed by atoms with Gasteiger partial charge < -0.3 is 15.0 Å². The highest BCUT2D eigenvalue weighted by Gasteiger charge is 2.40. The third-order valence-corrected chi connectivity index (χ3v) is 6.82. The van der Waals surface area contributed by atoms with E-state index in [1.165, 1.54) is 0 Å². The Morgan fingerprint density at radius 3 is 2.41 bits per heavy atom. The van der Waals surface area contributed by atoms with Gasteiger partial charge >= 0.3 is 0 Å². The fourth-order valence-corrected chi connectivity index (χ4v) is 5.01. The number of carbonyl (C=O) groups is 2. The van der Waals surface area contributed by atoms with Gasteiger partial charge in [-0.25, -0.2) is 0 Å². The maximum atomic E-state index is 12.9. The van der Waals surface area contributed by atoms with E-state index in [9.17, 15) is 9.59 Å². The van der Waals surface area contributed by atoms with E-state index < -0.39 is 0 Å². The van der Waals surface area contributed by atoms with Crippen molar-refractivity contribution in [1.29, 1.82) is 0 Å². The van der Waals surface area contributed by atoms with Crippen molar-refractivity contribution in [2.24, 2.45) is 5.92 Å². The Balaban J connectivity index is 1.19. The topological polar surface area (TPSA) is 58.6 Å². The van der Waals surface area contributed by atoms with Crippen molar-refractivity contribution in [3.63, 3.8) is 0 Å². The van der Waals surface area contributed by atoms with Gasteiger partial charge in [-0.05, 0) is 63.0 Å². The Bertz CT molecular complexity index is 722. The summed E-state index contributed by atoms with van der Waals surface area (Å²) in [6, 6.07) is 9.99. The molecule has 2 saturated heterocycles. The molecule has 3 aliphatic rings. The smallest absolute Gasteiger partial charge is 0.244 e. The standard InChI is InChI=1S/C24H32N2O3/c27-22(12-7-19-5-2-1-3-6-19)25-21-10-8-20(9-11-21)23(28)26-16-14-24(15-17-26)13-4-18-29-24/h1-3,5-7,12,20-21H,4,8-11,13-18H2,(H,25,27)/b12-7+. The molecular weight excluding hydrogens is 364 g/mol. The second-order valence-electron chi connectivity index (χ2n) is 8.76. The summed E-state index contributed by atoms with van der Waals surface area (Å²) in [6.07, 6.45) is 11.2. The van der Waals surface area contributed by atoms with Gasteiger partial charge in [-0.15, -0.1) is 0 Å². The van der Waals surface area contributed by atoms with Gasteiger partial charge in [0.2, 0.25) is 11.8 Å². The highest BCUT2D eigenvalue weighted by atomic mass is 16.5. The molecular formula is C24H32N2O3. The minimum Gasteiger partial charge on any atom is -0.375 e. The van der Waals surface area contributed by atoms with Gasteiger partial charge in [0.1, 0.15) is 0 Å². The minimum atomic E-state index is -0.0541. The van der Waals surface area contributed by atoms with Crippen molar-refractivity contribution < 1.29 is 14.3 Å².